The third-order valence-corrected chi connectivity index (χ3v) is 4.52. The Hall–Kier alpha value is -2.06. The third-order valence-electron chi connectivity index (χ3n) is 3.89. The maximum Gasteiger partial charge on any atom is 0.205 e. The molecular formula is C14H17N7S. The summed E-state index contributed by atoms with van der Waals surface area (Å²) < 4.78 is 2.09. The van der Waals surface area contributed by atoms with Crippen molar-refractivity contribution in [3.8, 4) is 0 Å². The number of hydrogen-bond donors (Lipinski definition) is 2. The van der Waals surface area contributed by atoms with Gasteiger partial charge in [0, 0.05) is 11.4 Å². The van der Waals surface area contributed by atoms with Crippen LogP contribution in [-0.2, 0) is 6.54 Å². The molecule has 0 bridgehead atoms. The van der Waals surface area contributed by atoms with Crippen LogP contribution < -0.4 is 10.6 Å². The van der Waals surface area contributed by atoms with E-state index in [1.807, 2.05) is 5.51 Å². The van der Waals surface area contributed by atoms with E-state index in [1.165, 1.54) is 0 Å². The molecule has 1 aliphatic heterocycles. The standard InChI is InChI=1S/C14H17N7S/c1-3-15-4-2-10(1)19-14-20-12-5-16-8-17-13(12)21(14)6-11-7-22-9-18-11/h5,7-10,15H,1-4,6H2,(H,19,20). The molecule has 0 spiro atoms. The summed E-state index contributed by atoms with van der Waals surface area (Å²) in [6.45, 7) is 2.76. The molecule has 0 atom stereocenters. The molecule has 4 heterocycles. The summed E-state index contributed by atoms with van der Waals surface area (Å²) in [7, 11) is 0. The summed E-state index contributed by atoms with van der Waals surface area (Å²) in [6, 6.07) is 0.445. The van der Waals surface area contributed by atoms with E-state index >= 15 is 0 Å². The van der Waals surface area contributed by atoms with Gasteiger partial charge in [0.05, 0.1) is 23.9 Å². The van der Waals surface area contributed by atoms with Gasteiger partial charge in [0.25, 0.3) is 0 Å². The number of thiazole rings is 1. The summed E-state index contributed by atoms with van der Waals surface area (Å²) in [5.74, 6) is 0.857. The van der Waals surface area contributed by atoms with Gasteiger partial charge >= 0.3 is 0 Å². The zero-order chi connectivity index (χ0) is 14.8. The predicted octanol–water partition coefficient (Wildman–Crippen LogP) is 1.49. The lowest BCUT2D eigenvalue weighted by molar-refractivity contribution is 0.475. The maximum absolute atomic E-state index is 4.67. The first-order valence-electron chi connectivity index (χ1n) is 7.41. The highest BCUT2D eigenvalue weighted by Gasteiger charge is 2.18. The van der Waals surface area contributed by atoms with Crippen LogP contribution in [0.2, 0.25) is 0 Å². The van der Waals surface area contributed by atoms with Crippen LogP contribution in [0, 0.1) is 0 Å². The van der Waals surface area contributed by atoms with Crippen LogP contribution in [0.25, 0.3) is 11.2 Å². The highest BCUT2D eigenvalue weighted by atomic mass is 32.1. The summed E-state index contributed by atoms with van der Waals surface area (Å²) in [5, 5.41) is 9.01. The van der Waals surface area contributed by atoms with Crippen molar-refractivity contribution in [3.05, 3.63) is 29.1 Å². The fourth-order valence-electron chi connectivity index (χ4n) is 2.76. The minimum Gasteiger partial charge on any atom is -0.353 e. The van der Waals surface area contributed by atoms with E-state index in [4.69, 9.17) is 0 Å². The molecule has 1 fully saturated rings. The summed E-state index contributed by atoms with van der Waals surface area (Å²) in [6.07, 6.45) is 5.53. The zero-order valence-electron chi connectivity index (χ0n) is 12.1. The number of nitrogens with one attached hydrogen (secondary N) is 2. The van der Waals surface area contributed by atoms with Crippen LogP contribution in [0.1, 0.15) is 18.5 Å². The van der Waals surface area contributed by atoms with Crippen molar-refractivity contribution in [3.63, 3.8) is 0 Å². The monoisotopic (exact) mass is 315 g/mol. The van der Waals surface area contributed by atoms with E-state index in [1.54, 1.807) is 23.9 Å². The molecular weight excluding hydrogens is 298 g/mol. The van der Waals surface area contributed by atoms with Gasteiger partial charge in [0.15, 0.2) is 5.65 Å². The Morgan fingerprint density at radius 1 is 1.32 bits per heavy atom. The van der Waals surface area contributed by atoms with Crippen molar-refractivity contribution in [2.24, 2.45) is 0 Å². The Morgan fingerprint density at radius 3 is 3.05 bits per heavy atom. The summed E-state index contributed by atoms with van der Waals surface area (Å²) in [4.78, 5) is 17.5. The first-order valence-corrected chi connectivity index (χ1v) is 8.35. The van der Waals surface area contributed by atoms with Crippen LogP contribution in [-0.4, -0.2) is 43.6 Å². The number of piperidine rings is 1. The number of anilines is 1. The minimum absolute atomic E-state index is 0.445. The fraction of sp³-hybridized carbons (Fsp3) is 0.429. The lowest BCUT2D eigenvalue weighted by atomic mass is 10.1. The van der Waals surface area contributed by atoms with Crippen LogP contribution in [0.4, 0.5) is 5.95 Å². The van der Waals surface area contributed by atoms with Crippen molar-refractivity contribution in [1.29, 1.82) is 0 Å². The first kappa shape index (κ1) is 13.6. The second kappa shape index (κ2) is 5.98. The average Bonchev–Trinajstić information content (AvgIpc) is 3.18. The van der Waals surface area contributed by atoms with Gasteiger partial charge in [0.2, 0.25) is 5.95 Å². The molecule has 0 unspecified atom stereocenters. The van der Waals surface area contributed by atoms with Crippen molar-refractivity contribution in [2.75, 3.05) is 18.4 Å². The Balaban J connectivity index is 1.69. The lowest BCUT2D eigenvalue weighted by Crippen LogP contribution is -2.36. The van der Waals surface area contributed by atoms with Gasteiger partial charge in [0.1, 0.15) is 11.8 Å². The van der Waals surface area contributed by atoms with Gasteiger partial charge in [-0.2, -0.15) is 0 Å². The molecule has 1 saturated heterocycles. The average molecular weight is 315 g/mol. The van der Waals surface area contributed by atoms with Gasteiger partial charge in [-0.15, -0.1) is 11.3 Å². The number of fused-ring (bicyclic) bond motifs is 1. The zero-order valence-corrected chi connectivity index (χ0v) is 12.9. The van der Waals surface area contributed by atoms with Crippen molar-refractivity contribution < 1.29 is 0 Å². The molecule has 3 aromatic rings. The van der Waals surface area contributed by atoms with Crippen molar-refractivity contribution in [1.82, 2.24) is 29.8 Å². The number of nitrogens with zero attached hydrogens (tertiary/aromatic N) is 5. The Bertz CT molecular complexity index is 746. The van der Waals surface area contributed by atoms with Gasteiger partial charge < -0.3 is 10.6 Å². The highest BCUT2D eigenvalue weighted by Crippen LogP contribution is 2.21. The van der Waals surface area contributed by atoms with Gasteiger partial charge in [-0.25, -0.2) is 19.9 Å². The van der Waals surface area contributed by atoms with Crippen molar-refractivity contribution >= 4 is 28.4 Å². The van der Waals surface area contributed by atoms with Crippen LogP contribution >= 0.6 is 11.3 Å². The fourth-order valence-corrected chi connectivity index (χ4v) is 3.31. The largest absolute Gasteiger partial charge is 0.353 e. The van der Waals surface area contributed by atoms with Gasteiger partial charge in [-0.1, -0.05) is 0 Å². The van der Waals surface area contributed by atoms with E-state index in [0.29, 0.717) is 12.6 Å². The molecule has 7 nitrogen and oxygen atoms in total. The normalized spacial score (nSPS) is 16.2. The van der Waals surface area contributed by atoms with E-state index in [-0.39, 0.29) is 0 Å². The molecule has 0 radical (unpaired) electrons. The summed E-state index contributed by atoms with van der Waals surface area (Å²) >= 11 is 1.60. The smallest absolute Gasteiger partial charge is 0.205 e. The molecule has 0 aromatic carbocycles. The maximum atomic E-state index is 4.67. The number of hydrogen-bond acceptors (Lipinski definition) is 7. The van der Waals surface area contributed by atoms with Crippen LogP contribution in [0.3, 0.4) is 0 Å². The molecule has 1 aliphatic rings. The summed E-state index contributed by atoms with van der Waals surface area (Å²) in [5.41, 5.74) is 4.54. The van der Waals surface area contributed by atoms with E-state index in [9.17, 15) is 0 Å². The van der Waals surface area contributed by atoms with Crippen LogP contribution in [0.15, 0.2) is 23.4 Å². The Kier molecular flexibility index (Phi) is 3.69. The van der Waals surface area contributed by atoms with E-state index < -0.39 is 0 Å². The van der Waals surface area contributed by atoms with Gasteiger partial charge in [-0.05, 0) is 25.9 Å². The molecule has 0 aliphatic carbocycles. The number of imidazole rings is 1. The van der Waals surface area contributed by atoms with Gasteiger partial charge in [-0.3, -0.25) is 4.57 Å². The number of aromatic nitrogens is 5. The van der Waals surface area contributed by atoms with E-state index in [0.717, 1.165) is 48.7 Å². The topological polar surface area (TPSA) is 80.5 Å². The minimum atomic E-state index is 0.445. The SMILES string of the molecule is c1ncc2nc(NC3CCNCC3)n(Cc3cscn3)c2n1. The molecule has 2 N–H and O–H groups in total. The first-order chi connectivity index (χ1) is 10.9. The molecule has 4 rings (SSSR count). The second-order valence-corrected chi connectivity index (χ2v) is 6.12. The highest BCUT2D eigenvalue weighted by molar-refractivity contribution is 7.07. The van der Waals surface area contributed by atoms with E-state index in [2.05, 4.69) is 40.5 Å². The molecule has 0 saturated carbocycles. The lowest BCUT2D eigenvalue weighted by Gasteiger charge is -2.24. The predicted molar refractivity (Wildman–Crippen MR) is 86.1 cm³/mol. The van der Waals surface area contributed by atoms with Crippen LogP contribution in [0.5, 0.6) is 0 Å². The molecule has 3 aromatic heterocycles. The Morgan fingerprint density at radius 2 is 2.23 bits per heavy atom. The molecule has 114 valence electrons. The second-order valence-electron chi connectivity index (χ2n) is 5.40. The quantitative estimate of drug-likeness (QED) is 0.759. The number of rotatable bonds is 4. The van der Waals surface area contributed by atoms with Crippen molar-refractivity contribution in [2.45, 2.75) is 25.4 Å². The molecule has 8 heteroatoms. The molecule has 0 amide bonds. The third kappa shape index (κ3) is 2.67. The Labute approximate surface area is 131 Å². The molecule has 22 heavy (non-hydrogen) atoms.